The predicted octanol–water partition coefficient (Wildman–Crippen LogP) is 3.29. The smallest absolute Gasteiger partial charge is 0.261 e. The van der Waals surface area contributed by atoms with Gasteiger partial charge in [-0.1, -0.05) is 32.1 Å². The highest BCUT2D eigenvalue weighted by molar-refractivity contribution is 7.18. The molecule has 114 valence electrons. The highest BCUT2D eigenvalue weighted by Crippen LogP contribution is 2.28. The van der Waals surface area contributed by atoms with E-state index < -0.39 is 0 Å². The van der Waals surface area contributed by atoms with E-state index in [-0.39, 0.29) is 17.0 Å². The van der Waals surface area contributed by atoms with Crippen LogP contribution in [0.4, 0.5) is 5.13 Å². The molecule has 0 aromatic carbocycles. The number of aromatic nitrogens is 3. The Kier molecular flexibility index (Phi) is 4.18. The lowest BCUT2D eigenvalue weighted by atomic mass is 9.90. The fourth-order valence-corrected chi connectivity index (χ4v) is 2.99. The molecule has 21 heavy (non-hydrogen) atoms. The van der Waals surface area contributed by atoms with Crippen molar-refractivity contribution < 1.29 is 0 Å². The third-order valence-corrected chi connectivity index (χ3v) is 4.24. The summed E-state index contributed by atoms with van der Waals surface area (Å²) in [5, 5.41) is 12.4. The van der Waals surface area contributed by atoms with Crippen LogP contribution in [0.15, 0.2) is 16.9 Å². The molecule has 0 unspecified atom stereocenters. The Balaban J connectivity index is 2.66. The second-order valence-corrected chi connectivity index (χ2v) is 7.29. The lowest BCUT2D eigenvalue weighted by Gasteiger charge is -2.26. The summed E-state index contributed by atoms with van der Waals surface area (Å²) in [5.74, 6) is 0. The zero-order valence-electron chi connectivity index (χ0n) is 13.4. The van der Waals surface area contributed by atoms with Crippen LogP contribution in [0, 0.1) is 0 Å². The van der Waals surface area contributed by atoms with Gasteiger partial charge in [0.1, 0.15) is 0 Å². The van der Waals surface area contributed by atoms with Gasteiger partial charge in [-0.15, -0.1) is 10.2 Å². The summed E-state index contributed by atoms with van der Waals surface area (Å²) in [5.41, 5.74) is 1.55. The van der Waals surface area contributed by atoms with E-state index in [9.17, 15) is 4.79 Å². The highest BCUT2D eigenvalue weighted by Gasteiger charge is 2.23. The molecular formula is C15H22N4OS. The quantitative estimate of drug-likeness (QED) is 0.945. The molecule has 0 radical (unpaired) electrons. The maximum atomic E-state index is 12.9. The van der Waals surface area contributed by atoms with Gasteiger partial charge in [-0.25, -0.2) is 0 Å². The Morgan fingerprint density at radius 3 is 2.38 bits per heavy atom. The first-order valence-corrected chi connectivity index (χ1v) is 7.85. The van der Waals surface area contributed by atoms with Crippen LogP contribution < -0.4 is 10.9 Å². The van der Waals surface area contributed by atoms with Crippen molar-refractivity contribution in [3.8, 4) is 10.6 Å². The van der Waals surface area contributed by atoms with E-state index >= 15 is 0 Å². The first-order chi connectivity index (χ1) is 9.75. The van der Waals surface area contributed by atoms with Crippen molar-refractivity contribution in [2.24, 2.45) is 0 Å². The number of pyridine rings is 1. The molecule has 0 amide bonds. The number of rotatable bonds is 3. The number of nitrogens with one attached hydrogen (secondary N) is 1. The molecule has 0 spiro atoms. The first kappa shape index (κ1) is 15.7. The van der Waals surface area contributed by atoms with Crippen LogP contribution in [0.5, 0.6) is 0 Å². The summed E-state index contributed by atoms with van der Waals surface area (Å²) < 4.78 is 1.86. The summed E-state index contributed by atoms with van der Waals surface area (Å²) in [7, 11) is 1.79. The molecule has 0 fully saturated rings. The van der Waals surface area contributed by atoms with Gasteiger partial charge < -0.3 is 9.88 Å². The number of hydrogen-bond donors (Lipinski definition) is 1. The number of nitrogens with zero attached hydrogens (tertiary/aromatic N) is 3. The van der Waals surface area contributed by atoms with Crippen molar-refractivity contribution in [1.29, 1.82) is 0 Å². The van der Waals surface area contributed by atoms with Crippen molar-refractivity contribution in [1.82, 2.24) is 14.8 Å². The Bertz CT molecular complexity index is 694. The van der Waals surface area contributed by atoms with E-state index in [1.807, 2.05) is 30.5 Å². The number of anilines is 1. The average Bonchev–Trinajstić information content (AvgIpc) is 2.85. The fraction of sp³-hybridized carbons (Fsp3) is 0.533. The molecule has 0 bridgehead atoms. The molecule has 0 atom stereocenters. The third kappa shape index (κ3) is 3.00. The molecule has 6 heteroatoms. The zero-order valence-corrected chi connectivity index (χ0v) is 14.2. The van der Waals surface area contributed by atoms with E-state index in [2.05, 4.69) is 36.3 Å². The van der Waals surface area contributed by atoms with Gasteiger partial charge >= 0.3 is 0 Å². The molecule has 1 N–H and O–H groups in total. The lowest BCUT2D eigenvalue weighted by Crippen LogP contribution is -2.31. The molecule has 2 aromatic heterocycles. The Hall–Kier alpha value is -1.69. The SMILES string of the molecule is CNc1nnc(-c2ccc(C(C)(C)C)n(C(C)C)c2=O)s1. The monoisotopic (exact) mass is 306 g/mol. The standard InChI is InChI=1S/C15H22N4OS/c1-9(2)19-11(15(3,4)5)8-7-10(13(19)20)12-17-18-14(16-6)21-12/h7-9H,1-6H3,(H,16,18). The molecule has 2 rings (SSSR count). The van der Waals surface area contributed by atoms with E-state index in [1.54, 1.807) is 7.05 Å². The Morgan fingerprint density at radius 1 is 1.24 bits per heavy atom. The van der Waals surface area contributed by atoms with Crippen LogP contribution in [-0.4, -0.2) is 21.8 Å². The molecular weight excluding hydrogens is 284 g/mol. The fourth-order valence-electron chi connectivity index (χ4n) is 2.27. The minimum absolute atomic E-state index is 0.00349. The predicted molar refractivity (Wildman–Crippen MR) is 88.2 cm³/mol. The average molecular weight is 306 g/mol. The molecule has 0 aliphatic heterocycles. The van der Waals surface area contributed by atoms with Crippen molar-refractivity contribution in [3.05, 3.63) is 28.2 Å². The van der Waals surface area contributed by atoms with Gasteiger partial charge in [0, 0.05) is 24.2 Å². The summed E-state index contributed by atoms with van der Waals surface area (Å²) in [6, 6.07) is 3.99. The molecule has 2 aromatic rings. The Morgan fingerprint density at radius 2 is 1.90 bits per heavy atom. The van der Waals surface area contributed by atoms with Crippen LogP contribution in [0.1, 0.15) is 46.4 Å². The molecule has 0 aliphatic rings. The summed E-state index contributed by atoms with van der Waals surface area (Å²) >= 11 is 1.39. The van der Waals surface area contributed by atoms with E-state index in [1.165, 1.54) is 11.3 Å². The van der Waals surface area contributed by atoms with Crippen molar-refractivity contribution in [2.75, 3.05) is 12.4 Å². The van der Waals surface area contributed by atoms with Crippen LogP contribution in [-0.2, 0) is 5.41 Å². The van der Waals surface area contributed by atoms with Gasteiger partial charge in [0.25, 0.3) is 5.56 Å². The lowest BCUT2D eigenvalue weighted by molar-refractivity contribution is 0.468. The molecule has 2 heterocycles. The van der Waals surface area contributed by atoms with Crippen LogP contribution in [0.3, 0.4) is 0 Å². The van der Waals surface area contributed by atoms with Gasteiger partial charge in [-0.05, 0) is 26.0 Å². The van der Waals surface area contributed by atoms with Crippen LogP contribution in [0.25, 0.3) is 10.6 Å². The third-order valence-electron chi connectivity index (χ3n) is 3.27. The molecule has 0 saturated heterocycles. The van der Waals surface area contributed by atoms with Crippen LogP contribution >= 0.6 is 11.3 Å². The second-order valence-electron chi connectivity index (χ2n) is 6.31. The number of hydrogen-bond acceptors (Lipinski definition) is 5. The first-order valence-electron chi connectivity index (χ1n) is 7.03. The largest absolute Gasteiger partial charge is 0.363 e. The van der Waals surface area contributed by atoms with Gasteiger partial charge in [-0.3, -0.25) is 4.79 Å². The summed E-state index contributed by atoms with van der Waals surface area (Å²) in [6.45, 7) is 10.4. The van der Waals surface area contributed by atoms with Gasteiger partial charge in [-0.2, -0.15) is 0 Å². The van der Waals surface area contributed by atoms with Crippen LogP contribution in [0.2, 0.25) is 0 Å². The minimum atomic E-state index is -0.0841. The minimum Gasteiger partial charge on any atom is -0.363 e. The summed E-state index contributed by atoms with van der Waals surface area (Å²) in [6.07, 6.45) is 0. The van der Waals surface area contributed by atoms with E-state index in [0.29, 0.717) is 15.7 Å². The zero-order chi connectivity index (χ0) is 15.8. The summed E-state index contributed by atoms with van der Waals surface area (Å²) in [4.78, 5) is 12.9. The second kappa shape index (κ2) is 5.60. The van der Waals surface area contributed by atoms with Gasteiger partial charge in [0.2, 0.25) is 5.13 Å². The van der Waals surface area contributed by atoms with E-state index in [0.717, 1.165) is 5.69 Å². The van der Waals surface area contributed by atoms with E-state index in [4.69, 9.17) is 0 Å². The topological polar surface area (TPSA) is 59.8 Å². The van der Waals surface area contributed by atoms with Crippen molar-refractivity contribution in [2.45, 2.75) is 46.1 Å². The maximum Gasteiger partial charge on any atom is 0.261 e. The molecule has 5 nitrogen and oxygen atoms in total. The maximum absolute atomic E-state index is 12.9. The Labute approximate surface area is 129 Å². The molecule has 0 saturated carbocycles. The van der Waals surface area contributed by atoms with Crippen molar-refractivity contribution >= 4 is 16.5 Å². The van der Waals surface area contributed by atoms with Gasteiger partial charge in [0.15, 0.2) is 5.01 Å². The van der Waals surface area contributed by atoms with Crippen molar-refractivity contribution in [3.63, 3.8) is 0 Å². The van der Waals surface area contributed by atoms with Gasteiger partial charge in [0.05, 0.1) is 5.56 Å². The molecule has 0 aliphatic carbocycles. The normalized spacial score (nSPS) is 12.0. The highest BCUT2D eigenvalue weighted by atomic mass is 32.1.